The smallest absolute Gasteiger partial charge is 0.254 e. The number of aliphatic hydroxyl groups excluding tert-OH is 1. The fourth-order valence-corrected chi connectivity index (χ4v) is 4.76. The lowest BCUT2D eigenvalue weighted by Crippen LogP contribution is -2.47. The minimum absolute atomic E-state index is 0.0825. The summed E-state index contributed by atoms with van der Waals surface area (Å²) in [5, 5.41) is 20.4. The van der Waals surface area contributed by atoms with E-state index < -0.39 is 5.60 Å². The largest absolute Gasteiger partial charge is 0.395 e. The number of carbonyl (C=O) groups is 1. The van der Waals surface area contributed by atoms with Crippen molar-refractivity contribution >= 4 is 5.91 Å². The van der Waals surface area contributed by atoms with E-state index in [2.05, 4.69) is 9.88 Å². The topological polar surface area (TPSA) is 73.7 Å². The van der Waals surface area contributed by atoms with Crippen molar-refractivity contribution < 1.29 is 15.0 Å². The Morgan fingerprint density at radius 3 is 2.20 bits per heavy atom. The Morgan fingerprint density at radius 1 is 1.07 bits per heavy atom. The number of aliphatic hydroxyl groups is 2. The number of nitrogens with zero attached hydrogens (tertiary/aromatic N) is 2. The standard InChI is InChI=1S/C25H32N2O3/c1-24(2,30)19-8-6-18(7-9-19)23(29)27(20-10-11-20)21-12-14-25(17-28,15-13-21)22-5-3-4-16-26-22/h3-9,16,20-21,28,30H,10-15,17H2,1-2H3. The highest BCUT2D eigenvalue weighted by Gasteiger charge is 2.43. The molecule has 0 aliphatic heterocycles. The predicted molar refractivity (Wildman–Crippen MR) is 116 cm³/mol. The molecule has 160 valence electrons. The molecule has 2 aliphatic carbocycles. The summed E-state index contributed by atoms with van der Waals surface area (Å²) >= 11 is 0. The van der Waals surface area contributed by atoms with E-state index in [4.69, 9.17) is 0 Å². The van der Waals surface area contributed by atoms with Crippen molar-refractivity contribution in [3.8, 4) is 0 Å². The van der Waals surface area contributed by atoms with Crippen molar-refractivity contribution in [1.29, 1.82) is 0 Å². The molecule has 2 saturated carbocycles. The van der Waals surface area contributed by atoms with Crippen molar-refractivity contribution in [3.05, 3.63) is 65.5 Å². The Kier molecular flexibility index (Phi) is 5.69. The van der Waals surface area contributed by atoms with Crippen LogP contribution in [0.3, 0.4) is 0 Å². The third-order valence-corrected chi connectivity index (χ3v) is 6.83. The Bertz CT molecular complexity index is 862. The number of aromatic nitrogens is 1. The first kappa shape index (κ1) is 21.0. The Hall–Kier alpha value is -2.24. The lowest BCUT2D eigenvalue weighted by atomic mass is 9.70. The summed E-state index contributed by atoms with van der Waals surface area (Å²) < 4.78 is 0. The van der Waals surface area contributed by atoms with Crippen LogP contribution in [0.1, 0.15) is 74.0 Å². The zero-order chi connectivity index (χ0) is 21.4. The van der Waals surface area contributed by atoms with Gasteiger partial charge in [0.2, 0.25) is 0 Å². The van der Waals surface area contributed by atoms with Crippen LogP contribution in [0.2, 0.25) is 0 Å². The van der Waals surface area contributed by atoms with Crippen LogP contribution < -0.4 is 0 Å². The zero-order valence-electron chi connectivity index (χ0n) is 17.9. The van der Waals surface area contributed by atoms with Gasteiger partial charge in [-0.2, -0.15) is 0 Å². The van der Waals surface area contributed by atoms with Gasteiger partial charge < -0.3 is 15.1 Å². The second-order valence-electron chi connectivity index (χ2n) is 9.46. The summed E-state index contributed by atoms with van der Waals surface area (Å²) in [4.78, 5) is 20.0. The molecule has 2 aliphatic rings. The van der Waals surface area contributed by atoms with Crippen molar-refractivity contribution in [1.82, 2.24) is 9.88 Å². The van der Waals surface area contributed by atoms with Gasteiger partial charge >= 0.3 is 0 Å². The summed E-state index contributed by atoms with van der Waals surface area (Å²) in [6.07, 6.45) is 7.34. The van der Waals surface area contributed by atoms with E-state index in [1.165, 1.54) is 0 Å². The van der Waals surface area contributed by atoms with Crippen molar-refractivity contribution in [2.24, 2.45) is 0 Å². The molecule has 1 aromatic heterocycles. The van der Waals surface area contributed by atoms with E-state index in [0.29, 0.717) is 11.6 Å². The molecule has 2 aromatic rings. The van der Waals surface area contributed by atoms with Gasteiger partial charge in [0.15, 0.2) is 0 Å². The van der Waals surface area contributed by atoms with E-state index in [0.717, 1.165) is 49.8 Å². The minimum atomic E-state index is -0.916. The summed E-state index contributed by atoms with van der Waals surface area (Å²) in [5.74, 6) is 0.0825. The van der Waals surface area contributed by atoms with Gasteiger partial charge in [-0.25, -0.2) is 0 Å². The SMILES string of the molecule is CC(C)(O)c1ccc(C(=O)N(C2CC2)C2CCC(CO)(c3ccccn3)CC2)cc1. The van der Waals surface area contributed by atoms with Crippen LogP contribution in [0.5, 0.6) is 0 Å². The number of amides is 1. The molecule has 0 unspecified atom stereocenters. The number of hydrogen-bond acceptors (Lipinski definition) is 4. The molecule has 1 heterocycles. The second-order valence-corrected chi connectivity index (χ2v) is 9.46. The molecular weight excluding hydrogens is 376 g/mol. The van der Waals surface area contributed by atoms with Gasteiger partial charge in [-0.05, 0) is 82.2 Å². The molecule has 1 aromatic carbocycles. The first-order chi connectivity index (χ1) is 14.3. The molecule has 5 nitrogen and oxygen atoms in total. The first-order valence-electron chi connectivity index (χ1n) is 11.0. The van der Waals surface area contributed by atoms with E-state index in [-0.39, 0.29) is 24.0 Å². The van der Waals surface area contributed by atoms with Crippen molar-refractivity contribution in [2.75, 3.05) is 6.61 Å². The third-order valence-electron chi connectivity index (χ3n) is 6.83. The van der Waals surface area contributed by atoms with Crippen LogP contribution in [-0.2, 0) is 11.0 Å². The molecule has 0 atom stereocenters. The number of pyridine rings is 1. The predicted octanol–water partition coefficient (Wildman–Crippen LogP) is 3.79. The molecule has 0 spiro atoms. The number of hydrogen-bond donors (Lipinski definition) is 2. The summed E-state index contributed by atoms with van der Waals surface area (Å²) in [6.45, 7) is 3.58. The van der Waals surface area contributed by atoms with Crippen LogP contribution in [0.4, 0.5) is 0 Å². The normalized spacial score (nSPS) is 24.5. The van der Waals surface area contributed by atoms with Gasteiger partial charge in [-0.15, -0.1) is 0 Å². The average Bonchev–Trinajstić information content (AvgIpc) is 3.60. The first-order valence-corrected chi connectivity index (χ1v) is 11.0. The third kappa shape index (κ3) is 4.14. The van der Waals surface area contributed by atoms with Crippen molar-refractivity contribution in [2.45, 2.75) is 75.5 Å². The Balaban J connectivity index is 1.50. The van der Waals surface area contributed by atoms with Crippen LogP contribution in [0, 0.1) is 0 Å². The molecule has 2 fully saturated rings. The highest BCUT2D eigenvalue weighted by molar-refractivity contribution is 5.95. The molecule has 0 saturated heterocycles. The molecule has 30 heavy (non-hydrogen) atoms. The van der Waals surface area contributed by atoms with Crippen LogP contribution in [-0.4, -0.2) is 44.7 Å². The molecule has 0 bridgehead atoms. The molecular formula is C25H32N2O3. The monoisotopic (exact) mass is 408 g/mol. The van der Waals surface area contributed by atoms with Gasteiger partial charge in [0.25, 0.3) is 5.91 Å². The van der Waals surface area contributed by atoms with E-state index in [1.54, 1.807) is 20.0 Å². The molecule has 5 heteroatoms. The van der Waals surface area contributed by atoms with Crippen LogP contribution >= 0.6 is 0 Å². The zero-order valence-corrected chi connectivity index (χ0v) is 17.9. The van der Waals surface area contributed by atoms with Gasteiger partial charge in [-0.3, -0.25) is 9.78 Å². The van der Waals surface area contributed by atoms with E-state index >= 15 is 0 Å². The highest BCUT2D eigenvalue weighted by atomic mass is 16.3. The summed E-state index contributed by atoms with van der Waals surface area (Å²) in [6, 6.07) is 13.8. The van der Waals surface area contributed by atoms with E-state index in [1.807, 2.05) is 42.5 Å². The maximum Gasteiger partial charge on any atom is 0.254 e. The molecule has 4 rings (SSSR count). The van der Waals surface area contributed by atoms with Gasteiger partial charge in [0.1, 0.15) is 0 Å². The number of benzene rings is 1. The van der Waals surface area contributed by atoms with Crippen molar-refractivity contribution in [3.63, 3.8) is 0 Å². The fourth-order valence-electron chi connectivity index (χ4n) is 4.76. The lowest BCUT2D eigenvalue weighted by molar-refractivity contribution is 0.0513. The minimum Gasteiger partial charge on any atom is -0.395 e. The van der Waals surface area contributed by atoms with Crippen LogP contribution in [0.25, 0.3) is 0 Å². The highest BCUT2D eigenvalue weighted by Crippen LogP contribution is 2.42. The lowest BCUT2D eigenvalue weighted by Gasteiger charge is -2.42. The second kappa shape index (κ2) is 8.12. The van der Waals surface area contributed by atoms with E-state index in [9.17, 15) is 15.0 Å². The Labute approximate surface area is 178 Å². The maximum atomic E-state index is 13.4. The van der Waals surface area contributed by atoms with Gasteiger partial charge in [0.05, 0.1) is 12.2 Å². The Morgan fingerprint density at radius 2 is 1.70 bits per heavy atom. The fraction of sp³-hybridized carbons (Fsp3) is 0.520. The summed E-state index contributed by atoms with van der Waals surface area (Å²) in [7, 11) is 0. The number of rotatable bonds is 6. The molecule has 2 N–H and O–H groups in total. The van der Waals surface area contributed by atoms with Crippen LogP contribution in [0.15, 0.2) is 48.7 Å². The average molecular weight is 409 g/mol. The quantitative estimate of drug-likeness (QED) is 0.763. The molecule has 1 amide bonds. The van der Waals surface area contributed by atoms with Gasteiger partial charge in [0, 0.05) is 35.0 Å². The molecule has 0 radical (unpaired) electrons. The summed E-state index contributed by atoms with van der Waals surface area (Å²) in [5.41, 5.74) is 1.22. The van der Waals surface area contributed by atoms with Gasteiger partial charge in [-0.1, -0.05) is 18.2 Å². The number of carbonyl (C=O) groups excluding carboxylic acids is 1. The maximum absolute atomic E-state index is 13.4.